The second-order valence-electron chi connectivity index (χ2n) is 11.0. The van der Waals surface area contributed by atoms with Crippen molar-refractivity contribution in [1.82, 2.24) is 20.0 Å². The van der Waals surface area contributed by atoms with Crippen molar-refractivity contribution in [1.29, 1.82) is 0 Å². The Kier molecular flexibility index (Phi) is 9.89. The number of amides is 3. The van der Waals surface area contributed by atoms with Crippen LogP contribution in [0, 0.1) is 11.6 Å². The summed E-state index contributed by atoms with van der Waals surface area (Å²) in [7, 11) is -4.43. The molecular formula is C33H30F2N6O5S2. The van der Waals surface area contributed by atoms with Gasteiger partial charge in [0.1, 0.15) is 23.5 Å². The third-order valence-electron chi connectivity index (χ3n) is 7.63. The number of halogens is 2. The molecule has 0 radical (unpaired) electrons. The van der Waals surface area contributed by atoms with E-state index in [1.165, 1.54) is 22.4 Å². The maximum atomic E-state index is 14.3. The Morgan fingerprint density at radius 2 is 1.77 bits per heavy atom. The van der Waals surface area contributed by atoms with Crippen LogP contribution >= 0.6 is 11.3 Å². The van der Waals surface area contributed by atoms with Gasteiger partial charge in [-0.3, -0.25) is 4.79 Å². The molecule has 3 aromatic carbocycles. The summed E-state index contributed by atoms with van der Waals surface area (Å²) in [5.41, 5.74) is 4.45. The number of hydrogen-bond donors (Lipinski definition) is 2. The number of nitrogens with zero attached hydrogens (tertiary/aromatic N) is 4. The minimum absolute atomic E-state index is 0.0349. The molecule has 0 aliphatic carbocycles. The zero-order chi connectivity index (χ0) is 33.7. The topological polar surface area (TPSA) is 134 Å². The summed E-state index contributed by atoms with van der Waals surface area (Å²) in [5.74, 6) is -2.22. The molecule has 2 aromatic heterocycles. The monoisotopic (exact) mass is 692 g/mol. The molecule has 1 aliphatic rings. The number of anilines is 2. The first-order valence-electron chi connectivity index (χ1n) is 14.9. The van der Waals surface area contributed by atoms with E-state index in [-0.39, 0.29) is 44.1 Å². The smallest absolute Gasteiger partial charge is 0.330 e. The van der Waals surface area contributed by atoms with E-state index in [2.05, 4.69) is 15.3 Å². The number of benzene rings is 3. The number of rotatable bonds is 12. The van der Waals surface area contributed by atoms with Crippen LogP contribution in [-0.4, -0.2) is 56.1 Å². The summed E-state index contributed by atoms with van der Waals surface area (Å²) in [6.07, 6.45) is 1.50. The number of urea groups is 1. The first-order chi connectivity index (χ1) is 23.2. The highest BCUT2D eigenvalue weighted by molar-refractivity contribution is 7.91. The molecule has 0 spiro atoms. The fraction of sp³-hybridized carbons (Fsp3) is 0.212. The largest absolute Gasteiger partial charge is 0.375 e. The number of nitrogens with one attached hydrogen (secondary N) is 2. The Morgan fingerprint density at radius 3 is 2.56 bits per heavy atom. The zero-order valence-electron chi connectivity index (χ0n) is 25.4. The van der Waals surface area contributed by atoms with E-state index in [0.29, 0.717) is 29.3 Å². The average molecular weight is 693 g/mol. The predicted octanol–water partition coefficient (Wildman–Crippen LogP) is 4.74. The number of hydrogen-bond acceptors (Lipinski definition) is 8. The van der Waals surface area contributed by atoms with Gasteiger partial charge < -0.3 is 15.0 Å². The molecule has 1 aliphatic heterocycles. The van der Waals surface area contributed by atoms with Crippen LogP contribution in [0.5, 0.6) is 0 Å². The first-order valence-corrected chi connectivity index (χ1v) is 17.2. The Balaban J connectivity index is 1.26. The van der Waals surface area contributed by atoms with Gasteiger partial charge in [0.05, 0.1) is 28.9 Å². The van der Waals surface area contributed by atoms with E-state index in [1.807, 2.05) is 35.1 Å². The Hall–Kier alpha value is -4.99. The number of aromatic nitrogens is 2. The van der Waals surface area contributed by atoms with Crippen LogP contribution in [-0.2, 0) is 39.2 Å². The third-order valence-corrected chi connectivity index (χ3v) is 9.82. The van der Waals surface area contributed by atoms with Crippen LogP contribution in [0.4, 0.5) is 25.1 Å². The van der Waals surface area contributed by atoms with Gasteiger partial charge in [0.25, 0.3) is 0 Å². The van der Waals surface area contributed by atoms with Crippen molar-refractivity contribution >= 4 is 55.2 Å². The Labute approximate surface area is 279 Å². The molecule has 48 heavy (non-hydrogen) atoms. The molecule has 0 saturated heterocycles. The molecule has 11 nitrogen and oxygen atoms in total. The lowest BCUT2D eigenvalue weighted by Gasteiger charge is -2.28. The van der Waals surface area contributed by atoms with Crippen LogP contribution in [0.2, 0.25) is 0 Å². The molecule has 3 amide bonds. The number of pyridine rings is 1. The van der Waals surface area contributed by atoms with Crippen molar-refractivity contribution < 1.29 is 31.5 Å². The van der Waals surface area contributed by atoms with Crippen molar-refractivity contribution in [3.8, 4) is 0 Å². The highest BCUT2D eigenvalue weighted by atomic mass is 32.2. The third kappa shape index (κ3) is 7.75. The van der Waals surface area contributed by atoms with Gasteiger partial charge in [0.15, 0.2) is 0 Å². The number of thiazole rings is 1. The van der Waals surface area contributed by atoms with Crippen molar-refractivity contribution in [3.63, 3.8) is 0 Å². The predicted molar refractivity (Wildman–Crippen MR) is 178 cm³/mol. The van der Waals surface area contributed by atoms with Gasteiger partial charge in [-0.15, -0.1) is 11.3 Å². The molecular weight excluding hydrogens is 663 g/mol. The summed E-state index contributed by atoms with van der Waals surface area (Å²) in [5, 5.41) is 2.44. The quantitative estimate of drug-likeness (QED) is 0.181. The minimum atomic E-state index is -4.43. The molecule has 2 N–H and O–H groups in total. The Morgan fingerprint density at radius 1 is 0.979 bits per heavy atom. The van der Waals surface area contributed by atoms with Crippen LogP contribution < -0.4 is 19.2 Å². The van der Waals surface area contributed by atoms with E-state index in [1.54, 1.807) is 35.8 Å². The van der Waals surface area contributed by atoms with Crippen LogP contribution in [0.15, 0.2) is 90.6 Å². The number of carbonyl (C=O) groups excluding carboxylic acids is 2. The van der Waals surface area contributed by atoms with Gasteiger partial charge in [-0.25, -0.2) is 32.6 Å². The molecule has 0 saturated carbocycles. The van der Waals surface area contributed by atoms with E-state index in [0.717, 1.165) is 26.7 Å². The SMILES string of the molecule is O=C(N[C@@H](Cc1cc(F)cc(F)c1)C(=O)N(CCOCc1ccccc1)c1ccc2scnc2c1)NS(=O)(=O)N1CCc2cccnc21. The summed E-state index contributed by atoms with van der Waals surface area (Å²) in [6, 6.07) is 18.2. The summed E-state index contributed by atoms with van der Waals surface area (Å²) >= 11 is 1.42. The van der Waals surface area contributed by atoms with Gasteiger partial charge in [-0.2, -0.15) is 8.42 Å². The normalized spacial score (nSPS) is 13.2. The molecule has 0 bridgehead atoms. The molecule has 5 aromatic rings. The fourth-order valence-corrected chi connectivity index (χ4v) is 7.21. The van der Waals surface area contributed by atoms with Crippen molar-refractivity contribution in [2.45, 2.75) is 25.5 Å². The maximum Gasteiger partial charge on any atom is 0.330 e. The molecule has 0 unspecified atom stereocenters. The van der Waals surface area contributed by atoms with Crippen LogP contribution in [0.3, 0.4) is 0 Å². The van der Waals surface area contributed by atoms with Gasteiger partial charge in [-0.1, -0.05) is 36.4 Å². The first kappa shape index (κ1) is 32.9. The molecule has 0 fully saturated rings. The summed E-state index contributed by atoms with van der Waals surface area (Å²) in [4.78, 5) is 37.5. The lowest BCUT2D eigenvalue weighted by molar-refractivity contribution is -0.120. The van der Waals surface area contributed by atoms with Crippen LogP contribution in [0.1, 0.15) is 16.7 Å². The molecule has 3 heterocycles. The van der Waals surface area contributed by atoms with E-state index < -0.39 is 39.8 Å². The average Bonchev–Trinajstić information content (AvgIpc) is 3.71. The van der Waals surface area contributed by atoms with Crippen molar-refractivity contribution in [3.05, 3.63) is 119 Å². The Bertz CT molecular complexity index is 2030. The van der Waals surface area contributed by atoms with E-state index in [4.69, 9.17) is 4.74 Å². The summed E-state index contributed by atoms with van der Waals surface area (Å²) in [6.45, 7) is 0.481. The van der Waals surface area contributed by atoms with E-state index in [9.17, 15) is 26.8 Å². The molecule has 6 rings (SSSR count). The zero-order valence-corrected chi connectivity index (χ0v) is 27.0. The van der Waals surface area contributed by atoms with Crippen LogP contribution in [0.25, 0.3) is 10.2 Å². The fourth-order valence-electron chi connectivity index (χ4n) is 5.43. The lowest BCUT2D eigenvalue weighted by Crippen LogP contribution is -2.55. The molecule has 15 heteroatoms. The van der Waals surface area contributed by atoms with E-state index >= 15 is 0 Å². The van der Waals surface area contributed by atoms with Gasteiger partial charge in [0.2, 0.25) is 5.91 Å². The molecule has 248 valence electrons. The number of carbonyl (C=O) groups is 2. The minimum Gasteiger partial charge on any atom is -0.375 e. The molecule has 1 atom stereocenters. The highest BCUT2D eigenvalue weighted by Crippen LogP contribution is 2.27. The second-order valence-corrected chi connectivity index (χ2v) is 13.4. The lowest BCUT2D eigenvalue weighted by atomic mass is 10.0. The summed E-state index contributed by atoms with van der Waals surface area (Å²) < 4.78 is 64.6. The van der Waals surface area contributed by atoms with Crippen molar-refractivity contribution in [2.75, 3.05) is 28.9 Å². The number of fused-ring (bicyclic) bond motifs is 2. The van der Waals surface area contributed by atoms with Gasteiger partial charge in [0, 0.05) is 37.5 Å². The van der Waals surface area contributed by atoms with Gasteiger partial charge in [-0.05, 0) is 59.5 Å². The van der Waals surface area contributed by atoms with Crippen molar-refractivity contribution in [2.24, 2.45) is 0 Å². The highest BCUT2D eigenvalue weighted by Gasteiger charge is 2.34. The van der Waals surface area contributed by atoms with Gasteiger partial charge >= 0.3 is 16.2 Å². The standard InChI is InChI=1S/C33H30F2N6O5S2/c34-25-15-23(16-26(35)18-25)17-29(38-33(43)39-48(44,45)41-12-10-24-7-4-11-36-31(24)41)32(42)40(13-14-46-20-22-5-2-1-3-6-22)27-8-9-30-28(19-27)37-21-47-30/h1-9,11,15-16,18-19,21,29H,10,12-14,17,20H2,(H2,38,39,43)/t29-/m0/s1. The number of ether oxygens (including phenoxy) is 1. The second kappa shape index (κ2) is 14.4. The maximum absolute atomic E-state index is 14.3.